The Morgan fingerprint density at radius 3 is 2.63 bits per heavy atom. The smallest absolute Gasteiger partial charge is 0.250 e. The van der Waals surface area contributed by atoms with Crippen molar-refractivity contribution in [3.8, 4) is 5.75 Å². The number of carbonyl (C=O) groups excluding carboxylic acids is 1. The zero-order valence-corrected chi connectivity index (χ0v) is 11.7. The Hall–Kier alpha value is -1.59. The standard InChI is InChI=1S/C14H21NO4/c1-4-18-7-8-19-10-14(16)15-12-5-6-13(17-3)11(2)9-12/h5-6,9H,4,7-8,10H2,1-3H3,(H,15,16). The summed E-state index contributed by atoms with van der Waals surface area (Å²) in [7, 11) is 1.62. The van der Waals surface area contributed by atoms with E-state index in [1.807, 2.05) is 26.0 Å². The molecule has 1 aromatic rings. The van der Waals surface area contributed by atoms with Crippen molar-refractivity contribution in [2.24, 2.45) is 0 Å². The lowest BCUT2D eigenvalue weighted by Crippen LogP contribution is -2.19. The Balaban J connectivity index is 2.34. The molecule has 5 nitrogen and oxygen atoms in total. The van der Waals surface area contributed by atoms with Crippen LogP contribution >= 0.6 is 0 Å². The van der Waals surface area contributed by atoms with Gasteiger partial charge in [-0.2, -0.15) is 0 Å². The molecule has 0 atom stereocenters. The molecule has 106 valence electrons. The average molecular weight is 267 g/mol. The Labute approximate surface area is 113 Å². The van der Waals surface area contributed by atoms with Gasteiger partial charge in [0.2, 0.25) is 5.91 Å². The second-order valence-electron chi connectivity index (χ2n) is 3.98. The number of hydrogen-bond acceptors (Lipinski definition) is 4. The number of anilines is 1. The molecule has 1 aromatic carbocycles. The lowest BCUT2D eigenvalue weighted by Gasteiger charge is -2.09. The molecule has 0 saturated carbocycles. The highest BCUT2D eigenvalue weighted by atomic mass is 16.5. The van der Waals surface area contributed by atoms with E-state index in [4.69, 9.17) is 14.2 Å². The number of rotatable bonds is 8. The molecule has 1 amide bonds. The third-order valence-electron chi connectivity index (χ3n) is 2.49. The third-order valence-corrected chi connectivity index (χ3v) is 2.49. The number of carbonyl (C=O) groups is 1. The lowest BCUT2D eigenvalue weighted by molar-refractivity contribution is -0.121. The van der Waals surface area contributed by atoms with Gasteiger partial charge in [-0.3, -0.25) is 4.79 Å². The van der Waals surface area contributed by atoms with E-state index < -0.39 is 0 Å². The van der Waals surface area contributed by atoms with Crippen molar-refractivity contribution in [3.05, 3.63) is 23.8 Å². The molecule has 0 unspecified atom stereocenters. The maximum atomic E-state index is 11.6. The Morgan fingerprint density at radius 1 is 1.26 bits per heavy atom. The van der Waals surface area contributed by atoms with E-state index in [2.05, 4.69) is 5.32 Å². The molecular formula is C14H21NO4. The summed E-state index contributed by atoms with van der Waals surface area (Å²) in [6.07, 6.45) is 0. The lowest BCUT2D eigenvalue weighted by atomic mass is 10.2. The Kier molecular flexibility index (Phi) is 6.92. The minimum absolute atomic E-state index is 0.0259. The molecule has 1 rings (SSSR count). The molecule has 0 bridgehead atoms. The highest BCUT2D eigenvalue weighted by Crippen LogP contribution is 2.21. The first-order valence-electron chi connectivity index (χ1n) is 6.27. The second kappa shape index (κ2) is 8.50. The predicted molar refractivity (Wildman–Crippen MR) is 73.7 cm³/mol. The summed E-state index contributed by atoms with van der Waals surface area (Å²) in [5.74, 6) is 0.618. The number of amides is 1. The zero-order chi connectivity index (χ0) is 14.1. The summed E-state index contributed by atoms with van der Waals surface area (Å²) in [6, 6.07) is 5.47. The van der Waals surface area contributed by atoms with Gasteiger partial charge in [0.15, 0.2) is 0 Å². The van der Waals surface area contributed by atoms with Crippen molar-refractivity contribution in [1.29, 1.82) is 0 Å². The number of methoxy groups -OCH3 is 1. The van der Waals surface area contributed by atoms with Crippen LogP contribution in [0.4, 0.5) is 5.69 Å². The van der Waals surface area contributed by atoms with Crippen LogP contribution in [0.3, 0.4) is 0 Å². The molecule has 0 fully saturated rings. The van der Waals surface area contributed by atoms with Gasteiger partial charge in [0, 0.05) is 12.3 Å². The largest absolute Gasteiger partial charge is 0.496 e. The van der Waals surface area contributed by atoms with Crippen LogP contribution in [0.25, 0.3) is 0 Å². The zero-order valence-electron chi connectivity index (χ0n) is 11.7. The van der Waals surface area contributed by atoms with Gasteiger partial charge < -0.3 is 19.5 Å². The van der Waals surface area contributed by atoms with Gasteiger partial charge >= 0.3 is 0 Å². The fourth-order valence-electron chi connectivity index (χ4n) is 1.58. The topological polar surface area (TPSA) is 56.8 Å². The van der Waals surface area contributed by atoms with Gasteiger partial charge in [-0.1, -0.05) is 0 Å². The van der Waals surface area contributed by atoms with Crippen LogP contribution in [-0.4, -0.2) is 39.4 Å². The molecular weight excluding hydrogens is 246 g/mol. The van der Waals surface area contributed by atoms with Gasteiger partial charge in [0.1, 0.15) is 12.4 Å². The normalized spacial score (nSPS) is 10.3. The summed E-state index contributed by atoms with van der Waals surface area (Å²) in [6.45, 7) is 5.44. The molecule has 0 saturated heterocycles. The quantitative estimate of drug-likeness (QED) is 0.732. The SMILES string of the molecule is CCOCCOCC(=O)Nc1ccc(OC)c(C)c1. The van der Waals surface area contributed by atoms with Crippen LogP contribution < -0.4 is 10.1 Å². The molecule has 1 N–H and O–H groups in total. The average Bonchev–Trinajstić information content (AvgIpc) is 2.39. The molecule has 0 aliphatic carbocycles. The van der Waals surface area contributed by atoms with Crippen LogP contribution in [0.1, 0.15) is 12.5 Å². The summed E-state index contributed by atoms with van der Waals surface area (Å²) in [4.78, 5) is 11.6. The van der Waals surface area contributed by atoms with E-state index in [1.165, 1.54) is 0 Å². The molecule has 0 radical (unpaired) electrons. The van der Waals surface area contributed by atoms with Crippen LogP contribution in [0.5, 0.6) is 5.75 Å². The molecule has 5 heteroatoms. The monoisotopic (exact) mass is 267 g/mol. The first-order chi connectivity index (χ1) is 9.17. The van der Waals surface area contributed by atoms with Gasteiger partial charge in [0.05, 0.1) is 20.3 Å². The van der Waals surface area contributed by atoms with E-state index in [0.29, 0.717) is 19.8 Å². The first-order valence-corrected chi connectivity index (χ1v) is 6.27. The van der Waals surface area contributed by atoms with Crippen molar-refractivity contribution in [2.45, 2.75) is 13.8 Å². The summed E-state index contributed by atoms with van der Waals surface area (Å²) in [5.41, 5.74) is 1.70. The highest BCUT2D eigenvalue weighted by Gasteiger charge is 2.04. The second-order valence-corrected chi connectivity index (χ2v) is 3.98. The third kappa shape index (κ3) is 5.72. The Morgan fingerprint density at radius 2 is 2.00 bits per heavy atom. The minimum Gasteiger partial charge on any atom is -0.496 e. The van der Waals surface area contributed by atoms with Gasteiger partial charge in [-0.25, -0.2) is 0 Å². The van der Waals surface area contributed by atoms with Gasteiger partial charge in [0.25, 0.3) is 0 Å². The fraction of sp³-hybridized carbons (Fsp3) is 0.500. The van der Waals surface area contributed by atoms with E-state index in [9.17, 15) is 4.79 Å². The number of nitrogens with one attached hydrogen (secondary N) is 1. The fourth-order valence-corrected chi connectivity index (χ4v) is 1.58. The van der Waals surface area contributed by atoms with E-state index in [0.717, 1.165) is 17.0 Å². The van der Waals surface area contributed by atoms with Crippen LogP contribution in [0.15, 0.2) is 18.2 Å². The molecule has 0 aliphatic heterocycles. The minimum atomic E-state index is -0.180. The van der Waals surface area contributed by atoms with Crippen molar-refractivity contribution < 1.29 is 19.0 Å². The number of aryl methyl sites for hydroxylation is 1. The number of hydrogen-bond donors (Lipinski definition) is 1. The summed E-state index contributed by atoms with van der Waals surface area (Å²) >= 11 is 0. The molecule has 0 aliphatic rings. The van der Waals surface area contributed by atoms with E-state index in [1.54, 1.807) is 13.2 Å². The summed E-state index contributed by atoms with van der Waals surface area (Å²) in [5, 5.41) is 2.76. The predicted octanol–water partition coefficient (Wildman–Crippen LogP) is 2.00. The van der Waals surface area contributed by atoms with Crippen molar-refractivity contribution in [1.82, 2.24) is 0 Å². The van der Waals surface area contributed by atoms with Crippen LogP contribution in [0, 0.1) is 6.92 Å². The maximum absolute atomic E-state index is 11.6. The van der Waals surface area contributed by atoms with Gasteiger partial charge in [-0.05, 0) is 37.6 Å². The summed E-state index contributed by atoms with van der Waals surface area (Å²) < 4.78 is 15.4. The van der Waals surface area contributed by atoms with Crippen molar-refractivity contribution >= 4 is 11.6 Å². The van der Waals surface area contributed by atoms with Crippen molar-refractivity contribution in [2.75, 3.05) is 38.9 Å². The molecule has 19 heavy (non-hydrogen) atoms. The molecule has 0 aromatic heterocycles. The Bertz CT molecular complexity index is 406. The van der Waals surface area contributed by atoms with Crippen LogP contribution in [0.2, 0.25) is 0 Å². The molecule has 0 spiro atoms. The van der Waals surface area contributed by atoms with E-state index >= 15 is 0 Å². The highest BCUT2D eigenvalue weighted by molar-refractivity contribution is 5.91. The molecule has 0 heterocycles. The maximum Gasteiger partial charge on any atom is 0.250 e. The van der Waals surface area contributed by atoms with Gasteiger partial charge in [-0.15, -0.1) is 0 Å². The number of ether oxygens (including phenoxy) is 3. The first kappa shape index (κ1) is 15.5. The van der Waals surface area contributed by atoms with E-state index in [-0.39, 0.29) is 12.5 Å². The van der Waals surface area contributed by atoms with Crippen LogP contribution in [-0.2, 0) is 14.3 Å². The van der Waals surface area contributed by atoms with Crippen molar-refractivity contribution in [3.63, 3.8) is 0 Å². The number of benzene rings is 1.